The Morgan fingerprint density at radius 2 is 2.00 bits per heavy atom. The van der Waals surface area contributed by atoms with Gasteiger partial charge >= 0.3 is 0 Å². The van der Waals surface area contributed by atoms with Crippen LogP contribution in [0.5, 0.6) is 0 Å². The highest BCUT2D eigenvalue weighted by molar-refractivity contribution is 9.10. The highest BCUT2D eigenvalue weighted by Crippen LogP contribution is 2.34. The quantitative estimate of drug-likeness (QED) is 0.747. The van der Waals surface area contributed by atoms with Gasteiger partial charge in [-0.05, 0) is 38.8 Å². The number of rotatable bonds is 2. The molecule has 5 heteroatoms. The molecule has 1 aromatic heterocycles. The Bertz CT molecular complexity index is 621. The predicted molar refractivity (Wildman–Crippen MR) is 91.2 cm³/mol. The summed E-state index contributed by atoms with van der Waals surface area (Å²) in [7, 11) is 0. The maximum Gasteiger partial charge on any atom is 0.238 e. The van der Waals surface area contributed by atoms with Crippen molar-refractivity contribution in [2.24, 2.45) is 0 Å². The van der Waals surface area contributed by atoms with Crippen molar-refractivity contribution < 1.29 is 4.79 Å². The third-order valence-electron chi connectivity index (χ3n) is 3.95. The lowest BCUT2D eigenvalue weighted by atomic mass is 9.96. The first kappa shape index (κ1) is 15.0. The number of hydrogen-bond acceptors (Lipinski definition) is 3. The van der Waals surface area contributed by atoms with Crippen LogP contribution >= 0.6 is 27.3 Å². The van der Waals surface area contributed by atoms with Gasteiger partial charge in [-0.2, -0.15) is 0 Å². The Labute approximate surface area is 137 Å². The van der Waals surface area contributed by atoms with Gasteiger partial charge in [0.05, 0.1) is 19.5 Å². The number of carbonyl (C=O) groups is 1. The molecule has 1 amide bonds. The van der Waals surface area contributed by atoms with Crippen LogP contribution in [0.1, 0.15) is 37.6 Å². The van der Waals surface area contributed by atoms with E-state index in [-0.39, 0.29) is 5.91 Å². The number of piperidine rings is 1. The zero-order valence-electron chi connectivity index (χ0n) is 12.3. The van der Waals surface area contributed by atoms with Crippen LogP contribution in [0, 0.1) is 0 Å². The van der Waals surface area contributed by atoms with E-state index in [0.717, 1.165) is 31.4 Å². The Hall–Kier alpha value is -0.940. The number of likely N-dealkylation sites (tertiary alicyclic amines) is 1. The highest BCUT2D eigenvalue weighted by Gasteiger charge is 2.32. The van der Waals surface area contributed by atoms with E-state index in [2.05, 4.69) is 34.1 Å². The summed E-state index contributed by atoms with van der Waals surface area (Å²) in [6.45, 7) is 5.48. The predicted octanol–water partition coefficient (Wildman–Crippen LogP) is 4.18. The lowest BCUT2D eigenvalue weighted by Crippen LogP contribution is -2.45. The summed E-state index contributed by atoms with van der Waals surface area (Å²) in [5.41, 5.74) is 1.09. The molecule has 0 bridgehead atoms. The topological polar surface area (TPSA) is 33.2 Å². The molecule has 0 saturated carbocycles. The zero-order chi connectivity index (χ0) is 15.0. The van der Waals surface area contributed by atoms with Gasteiger partial charge in [0.2, 0.25) is 5.91 Å². The summed E-state index contributed by atoms with van der Waals surface area (Å²) in [5, 5.41) is 1.22. The fraction of sp³-hybridized carbons (Fsp3) is 0.500. The number of thiazole rings is 1. The average molecular weight is 367 g/mol. The standard InChI is InChI=1S/C16H19BrN2OS/c1-16(2,17)15(20)19-9-7-11(8-10-19)14-18-12-5-3-4-6-13(12)21-14/h3-6,11H,7-10H2,1-2H3. The summed E-state index contributed by atoms with van der Waals surface area (Å²) in [5.74, 6) is 0.676. The Morgan fingerprint density at radius 3 is 2.62 bits per heavy atom. The molecule has 2 aromatic rings. The molecule has 1 saturated heterocycles. The number of para-hydroxylation sites is 1. The molecule has 1 aromatic carbocycles. The normalized spacial score (nSPS) is 17.4. The molecule has 1 aliphatic heterocycles. The van der Waals surface area contributed by atoms with Gasteiger partial charge in [0.15, 0.2) is 0 Å². The second-order valence-electron chi connectivity index (χ2n) is 6.06. The summed E-state index contributed by atoms with van der Waals surface area (Å²) >= 11 is 5.26. The number of nitrogens with zero attached hydrogens (tertiary/aromatic N) is 2. The van der Waals surface area contributed by atoms with Gasteiger partial charge in [-0.25, -0.2) is 4.98 Å². The van der Waals surface area contributed by atoms with Gasteiger partial charge in [0, 0.05) is 19.0 Å². The van der Waals surface area contributed by atoms with Crippen LogP contribution in [0.3, 0.4) is 0 Å². The summed E-state index contributed by atoms with van der Waals surface area (Å²) in [6, 6.07) is 8.29. The molecule has 0 atom stereocenters. The van der Waals surface area contributed by atoms with Crippen molar-refractivity contribution in [3.63, 3.8) is 0 Å². The molecule has 0 radical (unpaired) electrons. The summed E-state index contributed by atoms with van der Waals surface area (Å²) < 4.78 is 0.794. The number of carbonyl (C=O) groups excluding carboxylic acids is 1. The van der Waals surface area contributed by atoms with Crippen LogP contribution in [0.25, 0.3) is 10.2 Å². The minimum absolute atomic E-state index is 0.185. The minimum Gasteiger partial charge on any atom is -0.341 e. The summed E-state index contributed by atoms with van der Waals surface area (Å²) in [6.07, 6.45) is 2.02. The number of aromatic nitrogens is 1. The second kappa shape index (κ2) is 5.69. The molecular formula is C16H19BrN2OS. The molecule has 3 rings (SSSR count). The van der Waals surface area contributed by atoms with Gasteiger partial charge in [-0.1, -0.05) is 28.1 Å². The van der Waals surface area contributed by atoms with Crippen LogP contribution < -0.4 is 0 Å². The van der Waals surface area contributed by atoms with Crippen LogP contribution in [0.2, 0.25) is 0 Å². The van der Waals surface area contributed by atoms with E-state index < -0.39 is 4.32 Å². The van der Waals surface area contributed by atoms with E-state index in [1.54, 1.807) is 11.3 Å². The minimum atomic E-state index is -0.463. The molecule has 0 spiro atoms. The van der Waals surface area contributed by atoms with Crippen LogP contribution in [-0.4, -0.2) is 33.2 Å². The fourth-order valence-corrected chi connectivity index (χ4v) is 4.16. The maximum absolute atomic E-state index is 12.3. The van der Waals surface area contributed by atoms with Crippen molar-refractivity contribution in [1.29, 1.82) is 0 Å². The molecular weight excluding hydrogens is 348 g/mol. The molecule has 0 N–H and O–H groups in total. The molecule has 2 heterocycles. The van der Waals surface area contributed by atoms with Gasteiger partial charge in [-0.3, -0.25) is 4.79 Å². The van der Waals surface area contributed by atoms with E-state index in [1.807, 2.05) is 24.8 Å². The Balaban J connectivity index is 1.69. The zero-order valence-corrected chi connectivity index (χ0v) is 14.7. The van der Waals surface area contributed by atoms with Crippen LogP contribution in [0.4, 0.5) is 0 Å². The molecule has 3 nitrogen and oxygen atoms in total. The van der Waals surface area contributed by atoms with E-state index in [4.69, 9.17) is 4.98 Å². The van der Waals surface area contributed by atoms with Gasteiger partial charge in [-0.15, -0.1) is 11.3 Å². The van der Waals surface area contributed by atoms with Crippen LogP contribution in [0.15, 0.2) is 24.3 Å². The molecule has 0 aliphatic carbocycles. The highest BCUT2D eigenvalue weighted by atomic mass is 79.9. The van der Waals surface area contributed by atoms with E-state index in [1.165, 1.54) is 9.71 Å². The van der Waals surface area contributed by atoms with Crippen molar-refractivity contribution in [2.75, 3.05) is 13.1 Å². The Morgan fingerprint density at radius 1 is 1.33 bits per heavy atom. The van der Waals surface area contributed by atoms with Crippen molar-refractivity contribution in [3.8, 4) is 0 Å². The fourth-order valence-electron chi connectivity index (χ4n) is 2.77. The SMILES string of the molecule is CC(C)(Br)C(=O)N1CCC(c2nc3ccccc3s2)CC1. The van der Waals surface area contributed by atoms with Gasteiger partial charge < -0.3 is 4.90 Å². The van der Waals surface area contributed by atoms with Crippen molar-refractivity contribution >= 4 is 43.4 Å². The largest absolute Gasteiger partial charge is 0.341 e. The number of halogens is 1. The van der Waals surface area contributed by atoms with Crippen molar-refractivity contribution in [2.45, 2.75) is 36.9 Å². The monoisotopic (exact) mass is 366 g/mol. The van der Waals surface area contributed by atoms with E-state index in [0.29, 0.717) is 5.92 Å². The van der Waals surface area contributed by atoms with Crippen molar-refractivity contribution in [1.82, 2.24) is 9.88 Å². The number of alkyl halides is 1. The first-order valence-electron chi connectivity index (χ1n) is 7.29. The van der Waals surface area contributed by atoms with E-state index >= 15 is 0 Å². The first-order valence-corrected chi connectivity index (χ1v) is 8.90. The van der Waals surface area contributed by atoms with Gasteiger partial charge in [0.25, 0.3) is 0 Å². The van der Waals surface area contributed by atoms with Gasteiger partial charge in [0.1, 0.15) is 0 Å². The smallest absolute Gasteiger partial charge is 0.238 e. The molecule has 0 unspecified atom stereocenters. The first-order chi connectivity index (χ1) is 9.95. The number of benzene rings is 1. The average Bonchev–Trinajstić information content (AvgIpc) is 2.89. The Kier molecular flexibility index (Phi) is 4.06. The molecule has 1 fully saturated rings. The third-order valence-corrected chi connectivity index (χ3v) is 5.49. The van der Waals surface area contributed by atoms with Crippen LogP contribution in [-0.2, 0) is 4.79 Å². The summed E-state index contributed by atoms with van der Waals surface area (Å²) in [4.78, 5) is 19.0. The maximum atomic E-state index is 12.3. The number of amides is 1. The second-order valence-corrected chi connectivity index (χ2v) is 9.10. The van der Waals surface area contributed by atoms with Crippen molar-refractivity contribution in [3.05, 3.63) is 29.3 Å². The lowest BCUT2D eigenvalue weighted by molar-refractivity contribution is -0.133. The molecule has 112 valence electrons. The number of fused-ring (bicyclic) bond motifs is 1. The molecule has 1 aliphatic rings. The lowest BCUT2D eigenvalue weighted by Gasteiger charge is -2.34. The third kappa shape index (κ3) is 3.14. The van der Waals surface area contributed by atoms with E-state index in [9.17, 15) is 4.79 Å². The molecule has 21 heavy (non-hydrogen) atoms. The number of hydrogen-bond donors (Lipinski definition) is 0.